The number of aryl methyl sites for hydroxylation is 1. The number of thioether (sulfide) groups is 1. The average Bonchev–Trinajstić information content (AvgIpc) is 2.58. The molecule has 2 atom stereocenters. The van der Waals surface area contributed by atoms with Gasteiger partial charge >= 0.3 is 6.16 Å². The van der Waals surface area contributed by atoms with Crippen molar-refractivity contribution in [3.8, 4) is 0 Å². The number of hydrogen-bond donors (Lipinski definition) is 0. The highest BCUT2D eigenvalue weighted by atomic mass is 32.2. The van der Waals surface area contributed by atoms with Crippen LogP contribution in [-0.4, -0.2) is 29.2 Å². The van der Waals surface area contributed by atoms with E-state index in [2.05, 4.69) is 6.92 Å². The molecule has 1 aliphatic carbocycles. The van der Waals surface area contributed by atoms with Gasteiger partial charge in [-0.3, -0.25) is 4.79 Å². The van der Waals surface area contributed by atoms with Crippen LogP contribution in [-0.2, 0) is 15.9 Å². The lowest BCUT2D eigenvalue weighted by Gasteiger charge is -2.29. The Hall–Kier alpha value is -1.49. The molecule has 24 heavy (non-hydrogen) atoms. The lowest BCUT2D eigenvalue weighted by molar-refractivity contribution is 0.0162. The van der Waals surface area contributed by atoms with Gasteiger partial charge in [-0.25, -0.2) is 4.79 Å². The molecular weight excluding hydrogens is 324 g/mol. The van der Waals surface area contributed by atoms with Gasteiger partial charge in [0, 0.05) is 10.8 Å². The molecule has 0 spiro atoms. The Morgan fingerprint density at radius 3 is 2.50 bits per heavy atom. The van der Waals surface area contributed by atoms with Crippen LogP contribution in [0.15, 0.2) is 24.3 Å². The van der Waals surface area contributed by atoms with Crippen molar-refractivity contribution >= 4 is 23.0 Å². The first kappa shape index (κ1) is 18.8. The molecule has 1 saturated carbocycles. The number of ether oxygens (including phenoxy) is 2. The normalized spacial score (nSPS) is 20.4. The Morgan fingerprint density at radius 1 is 1.12 bits per heavy atom. The van der Waals surface area contributed by atoms with Gasteiger partial charge in [-0.2, -0.15) is 0 Å². The van der Waals surface area contributed by atoms with E-state index in [1.165, 1.54) is 17.3 Å². The van der Waals surface area contributed by atoms with Gasteiger partial charge in [0.1, 0.15) is 6.10 Å². The van der Waals surface area contributed by atoms with Gasteiger partial charge in [0.15, 0.2) is 0 Å². The number of rotatable bonds is 6. The van der Waals surface area contributed by atoms with Crippen molar-refractivity contribution in [2.75, 3.05) is 6.61 Å². The van der Waals surface area contributed by atoms with Crippen molar-refractivity contribution in [2.24, 2.45) is 0 Å². The van der Waals surface area contributed by atoms with Crippen molar-refractivity contribution in [1.29, 1.82) is 0 Å². The van der Waals surface area contributed by atoms with Crippen LogP contribution in [0.4, 0.5) is 4.79 Å². The third-order valence-corrected chi connectivity index (χ3v) is 5.43. The van der Waals surface area contributed by atoms with E-state index in [1.54, 1.807) is 6.92 Å². The Bertz CT molecular complexity index is 541. The smallest absolute Gasteiger partial charge is 0.435 e. The van der Waals surface area contributed by atoms with E-state index < -0.39 is 6.16 Å². The topological polar surface area (TPSA) is 52.6 Å². The molecule has 5 heteroatoms. The Labute approximate surface area is 148 Å². The zero-order valence-electron chi connectivity index (χ0n) is 14.5. The van der Waals surface area contributed by atoms with Crippen molar-refractivity contribution in [3.63, 3.8) is 0 Å². The molecule has 0 saturated heterocycles. The van der Waals surface area contributed by atoms with Gasteiger partial charge in [0.05, 0.1) is 6.61 Å². The van der Waals surface area contributed by atoms with Crippen LogP contribution in [0.25, 0.3) is 0 Å². The molecule has 2 unspecified atom stereocenters. The fourth-order valence-corrected chi connectivity index (χ4v) is 4.08. The summed E-state index contributed by atoms with van der Waals surface area (Å²) in [5, 5.41) is 0.0494. The predicted molar refractivity (Wildman–Crippen MR) is 96.5 cm³/mol. The van der Waals surface area contributed by atoms with E-state index in [1.807, 2.05) is 24.3 Å². The maximum atomic E-state index is 12.5. The summed E-state index contributed by atoms with van der Waals surface area (Å²) in [5.41, 5.74) is 1.96. The van der Waals surface area contributed by atoms with Crippen LogP contribution in [0.2, 0.25) is 0 Å². The van der Waals surface area contributed by atoms with Crippen LogP contribution in [0, 0.1) is 0 Å². The minimum absolute atomic E-state index is 0.00553. The lowest BCUT2D eigenvalue weighted by atomic mass is 9.97. The fourth-order valence-electron chi connectivity index (χ4n) is 2.91. The largest absolute Gasteiger partial charge is 0.508 e. The molecule has 0 radical (unpaired) electrons. The van der Waals surface area contributed by atoms with Crippen molar-refractivity contribution in [3.05, 3.63) is 35.4 Å². The fraction of sp³-hybridized carbons (Fsp3) is 0.579. The standard InChI is InChI=1S/C19H26O4S/c1-3-7-14-10-12-15(13-11-14)18(20)24-17-9-6-5-8-16(17)23-19(21)22-4-2/h10-13,16-17H,3-9H2,1-2H3. The molecule has 0 aromatic heterocycles. The highest BCUT2D eigenvalue weighted by Crippen LogP contribution is 2.33. The van der Waals surface area contributed by atoms with E-state index in [4.69, 9.17) is 9.47 Å². The molecule has 4 nitrogen and oxygen atoms in total. The molecule has 0 bridgehead atoms. The van der Waals surface area contributed by atoms with Crippen molar-refractivity contribution in [2.45, 2.75) is 63.7 Å². The third-order valence-electron chi connectivity index (χ3n) is 4.14. The van der Waals surface area contributed by atoms with Crippen LogP contribution in [0.1, 0.15) is 61.9 Å². The highest BCUT2D eigenvalue weighted by Gasteiger charge is 2.31. The zero-order chi connectivity index (χ0) is 17.4. The first-order valence-corrected chi connectivity index (χ1v) is 9.65. The predicted octanol–water partition coefficient (Wildman–Crippen LogP) is 5.00. The quantitative estimate of drug-likeness (QED) is 0.676. The summed E-state index contributed by atoms with van der Waals surface area (Å²) in [4.78, 5) is 24.1. The molecule has 0 amide bonds. The maximum Gasteiger partial charge on any atom is 0.508 e. The number of benzene rings is 1. The zero-order valence-corrected chi connectivity index (χ0v) is 15.3. The first-order chi connectivity index (χ1) is 11.6. The summed E-state index contributed by atoms with van der Waals surface area (Å²) < 4.78 is 10.3. The summed E-state index contributed by atoms with van der Waals surface area (Å²) in [6.07, 6.45) is 4.99. The van der Waals surface area contributed by atoms with Crippen molar-refractivity contribution in [1.82, 2.24) is 0 Å². The average molecular weight is 350 g/mol. The van der Waals surface area contributed by atoms with Crippen molar-refractivity contribution < 1.29 is 19.1 Å². The van der Waals surface area contributed by atoms with Gasteiger partial charge in [-0.05, 0) is 38.2 Å². The second-order valence-electron chi connectivity index (χ2n) is 6.01. The number of hydrogen-bond acceptors (Lipinski definition) is 5. The molecule has 132 valence electrons. The van der Waals surface area contributed by atoms with Crippen LogP contribution in [0.3, 0.4) is 0 Å². The molecular formula is C19H26O4S. The molecule has 2 rings (SSSR count). The second-order valence-corrected chi connectivity index (χ2v) is 7.23. The maximum absolute atomic E-state index is 12.5. The molecule has 1 aromatic rings. The van der Waals surface area contributed by atoms with Gasteiger partial charge in [-0.15, -0.1) is 0 Å². The minimum Gasteiger partial charge on any atom is -0.435 e. The summed E-state index contributed by atoms with van der Waals surface area (Å²) in [7, 11) is 0. The van der Waals surface area contributed by atoms with E-state index >= 15 is 0 Å². The molecule has 0 aliphatic heterocycles. The monoisotopic (exact) mass is 350 g/mol. The number of carbonyl (C=O) groups excluding carboxylic acids is 2. The molecule has 1 aromatic carbocycles. The minimum atomic E-state index is -0.633. The number of carbonyl (C=O) groups is 2. The van der Waals surface area contributed by atoms with E-state index in [0.717, 1.165) is 38.5 Å². The third kappa shape index (κ3) is 5.55. The Kier molecular flexibility index (Phi) is 7.63. The summed E-state index contributed by atoms with van der Waals surface area (Å²) in [6.45, 7) is 4.19. The SMILES string of the molecule is CCCc1ccc(C(=O)SC2CCCCC2OC(=O)OCC)cc1. The molecule has 0 N–H and O–H groups in total. The van der Waals surface area contributed by atoms with Crippen LogP contribution < -0.4 is 0 Å². The van der Waals surface area contributed by atoms with Crippen LogP contribution >= 0.6 is 11.8 Å². The van der Waals surface area contributed by atoms with E-state index in [-0.39, 0.29) is 16.5 Å². The second kappa shape index (κ2) is 9.72. The highest BCUT2D eigenvalue weighted by molar-refractivity contribution is 8.14. The lowest BCUT2D eigenvalue weighted by Crippen LogP contribution is -2.33. The van der Waals surface area contributed by atoms with Crippen LogP contribution in [0.5, 0.6) is 0 Å². The van der Waals surface area contributed by atoms with E-state index in [0.29, 0.717) is 12.2 Å². The van der Waals surface area contributed by atoms with Gasteiger partial charge in [0.25, 0.3) is 0 Å². The van der Waals surface area contributed by atoms with E-state index in [9.17, 15) is 9.59 Å². The van der Waals surface area contributed by atoms with Gasteiger partial charge in [0.2, 0.25) is 5.12 Å². The summed E-state index contributed by atoms with van der Waals surface area (Å²) in [5.74, 6) is 0. The Morgan fingerprint density at radius 2 is 1.83 bits per heavy atom. The molecule has 1 aliphatic rings. The van der Waals surface area contributed by atoms with Gasteiger partial charge in [-0.1, -0.05) is 55.8 Å². The summed E-state index contributed by atoms with van der Waals surface area (Å²) >= 11 is 1.29. The molecule has 1 fully saturated rings. The Balaban J connectivity index is 1.95. The summed E-state index contributed by atoms with van der Waals surface area (Å²) in [6, 6.07) is 7.82. The molecule has 0 heterocycles. The first-order valence-electron chi connectivity index (χ1n) is 8.77. The van der Waals surface area contributed by atoms with Gasteiger partial charge < -0.3 is 9.47 Å².